The second kappa shape index (κ2) is 9.04. The number of carbonyl (C=O) groups excluding carboxylic acids is 2. The van der Waals surface area contributed by atoms with E-state index in [2.05, 4.69) is 10.4 Å². The van der Waals surface area contributed by atoms with Gasteiger partial charge in [-0.2, -0.15) is 5.10 Å². The molecule has 158 valence electrons. The predicted octanol–water partition coefficient (Wildman–Crippen LogP) is 3.99. The topological polar surface area (TPSA) is 89.6 Å². The van der Waals surface area contributed by atoms with Crippen molar-refractivity contribution in [2.24, 2.45) is 0 Å². The second-order valence-electron chi connectivity index (χ2n) is 6.84. The summed E-state index contributed by atoms with van der Waals surface area (Å²) < 4.78 is 12.9. The summed E-state index contributed by atoms with van der Waals surface area (Å²) in [7, 11) is 3.28. The molecule has 1 N–H and O–H groups in total. The van der Waals surface area contributed by atoms with Crippen LogP contribution in [0.1, 0.15) is 39.3 Å². The normalized spacial score (nSPS) is 10.7. The molecule has 2 amide bonds. The number of amides is 2. The fourth-order valence-corrected chi connectivity index (χ4v) is 3.07. The Hall–Kier alpha value is -3.26. The predicted molar refractivity (Wildman–Crippen MR) is 113 cm³/mol. The lowest BCUT2D eigenvalue weighted by molar-refractivity contribution is 0.0816. The number of hydrogen-bond acceptors (Lipinski definition) is 5. The number of rotatable bonds is 7. The van der Waals surface area contributed by atoms with Crippen LogP contribution >= 0.6 is 11.6 Å². The SMILES string of the molecule is CCn1ncc(NC(=O)c2ccc(COc3ccc(Cl)cc3C)o2)c1C(=O)N(C)C. The number of furan rings is 1. The second-order valence-corrected chi connectivity index (χ2v) is 7.28. The summed E-state index contributed by atoms with van der Waals surface area (Å²) in [5.74, 6) is 0.543. The zero-order chi connectivity index (χ0) is 21.8. The monoisotopic (exact) mass is 430 g/mol. The first kappa shape index (κ1) is 21.4. The van der Waals surface area contributed by atoms with Gasteiger partial charge in [0.1, 0.15) is 23.8 Å². The molecule has 1 aromatic carbocycles. The number of carbonyl (C=O) groups is 2. The molecule has 9 heteroatoms. The number of nitrogens with one attached hydrogen (secondary N) is 1. The van der Waals surface area contributed by atoms with Gasteiger partial charge in [0.2, 0.25) is 0 Å². The van der Waals surface area contributed by atoms with Crippen LogP contribution in [-0.2, 0) is 13.2 Å². The van der Waals surface area contributed by atoms with Crippen molar-refractivity contribution in [3.05, 3.63) is 64.3 Å². The average Bonchev–Trinajstić information content (AvgIpc) is 3.33. The Bertz CT molecular complexity index is 1070. The molecule has 0 aliphatic heterocycles. The summed E-state index contributed by atoms with van der Waals surface area (Å²) in [5, 5.41) is 7.50. The van der Waals surface area contributed by atoms with E-state index >= 15 is 0 Å². The summed E-state index contributed by atoms with van der Waals surface area (Å²) in [6, 6.07) is 8.56. The molecule has 0 aliphatic rings. The maximum absolute atomic E-state index is 12.6. The van der Waals surface area contributed by atoms with Crippen LogP contribution in [0.15, 0.2) is 40.9 Å². The molecular formula is C21H23ClN4O4. The van der Waals surface area contributed by atoms with Gasteiger partial charge in [-0.05, 0) is 49.7 Å². The third-order valence-electron chi connectivity index (χ3n) is 4.39. The Morgan fingerprint density at radius 1 is 1.27 bits per heavy atom. The van der Waals surface area contributed by atoms with Crippen molar-refractivity contribution in [3.63, 3.8) is 0 Å². The number of aryl methyl sites for hydroxylation is 2. The van der Waals surface area contributed by atoms with Crippen molar-refractivity contribution >= 4 is 29.1 Å². The highest BCUT2D eigenvalue weighted by Gasteiger charge is 2.22. The number of anilines is 1. The Labute approximate surface area is 179 Å². The van der Waals surface area contributed by atoms with Gasteiger partial charge in [0.25, 0.3) is 11.8 Å². The maximum Gasteiger partial charge on any atom is 0.291 e. The summed E-state index contributed by atoms with van der Waals surface area (Å²) in [6.07, 6.45) is 1.45. The minimum absolute atomic E-state index is 0.105. The fraction of sp³-hybridized carbons (Fsp3) is 0.286. The first-order valence-corrected chi connectivity index (χ1v) is 9.74. The molecular weight excluding hydrogens is 408 g/mol. The van der Waals surface area contributed by atoms with Gasteiger partial charge in [-0.1, -0.05) is 11.6 Å². The van der Waals surface area contributed by atoms with E-state index in [1.807, 2.05) is 13.8 Å². The third kappa shape index (κ3) is 4.65. The number of benzene rings is 1. The Morgan fingerprint density at radius 2 is 2.03 bits per heavy atom. The molecule has 0 aliphatic carbocycles. The van der Waals surface area contributed by atoms with Gasteiger partial charge in [-0.3, -0.25) is 14.3 Å². The van der Waals surface area contributed by atoms with Gasteiger partial charge >= 0.3 is 0 Å². The van der Waals surface area contributed by atoms with E-state index < -0.39 is 5.91 Å². The van der Waals surface area contributed by atoms with Crippen LogP contribution in [0, 0.1) is 6.92 Å². The van der Waals surface area contributed by atoms with E-state index in [4.69, 9.17) is 20.8 Å². The molecule has 2 aromatic heterocycles. The highest BCUT2D eigenvalue weighted by Crippen LogP contribution is 2.23. The van der Waals surface area contributed by atoms with Crippen LogP contribution in [-0.4, -0.2) is 40.6 Å². The third-order valence-corrected chi connectivity index (χ3v) is 4.62. The number of aromatic nitrogens is 2. The lowest BCUT2D eigenvalue weighted by Gasteiger charge is -2.13. The van der Waals surface area contributed by atoms with Gasteiger partial charge in [0.05, 0.1) is 11.9 Å². The van der Waals surface area contributed by atoms with Crippen LogP contribution in [0.5, 0.6) is 5.75 Å². The van der Waals surface area contributed by atoms with Crippen LogP contribution in [0.2, 0.25) is 5.02 Å². The van der Waals surface area contributed by atoms with Crippen LogP contribution in [0.4, 0.5) is 5.69 Å². The van der Waals surface area contributed by atoms with Gasteiger partial charge in [0.15, 0.2) is 5.76 Å². The fourth-order valence-electron chi connectivity index (χ4n) is 2.84. The van der Waals surface area contributed by atoms with E-state index in [1.54, 1.807) is 44.4 Å². The highest BCUT2D eigenvalue weighted by atomic mass is 35.5. The van der Waals surface area contributed by atoms with Crippen molar-refractivity contribution in [1.29, 1.82) is 0 Å². The van der Waals surface area contributed by atoms with Crippen molar-refractivity contribution in [3.8, 4) is 5.75 Å². The summed E-state index contributed by atoms with van der Waals surface area (Å²) in [5.41, 5.74) is 1.54. The number of ether oxygens (including phenoxy) is 1. The summed E-state index contributed by atoms with van der Waals surface area (Å²) in [4.78, 5) is 26.5. The molecule has 0 fully saturated rings. The van der Waals surface area contributed by atoms with Crippen LogP contribution < -0.4 is 10.1 Å². The minimum atomic E-state index is -0.479. The van der Waals surface area contributed by atoms with Crippen LogP contribution in [0.25, 0.3) is 0 Å². The van der Waals surface area contributed by atoms with Crippen molar-refractivity contribution in [2.45, 2.75) is 27.0 Å². The van der Waals surface area contributed by atoms with E-state index in [-0.39, 0.29) is 18.3 Å². The Kier molecular flexibility index (Phi) is 6.47. The smallest absolute Gasteiger partial charge is 0.291 e. The minimum Gasteiger partial charge on any atom is -0.485 e. The van der Waals surface area contributed by atoms with Gasteiger partial charge in [0, 0.05) is 25.7 Å². The highest BCUT2D eigenvalue weighted by molar-refractivity contribution is 6.30. The number of halogens is 1. The van der Waals surface area contributed by atoms with E-state index in [0.717, 1.165) is 5.56 Å². The lowest BCUT2D eigenvalue weighted by Crippen LogP contribution is -2.26. The van der Waals surface area contributed by atoms with Crippen molar-refractivity contribution < 1.29 is 18.7 Å². The molecule has 0 spiro atoms. The number of nitrogens with zero attached hydrogens (tertiary/aromatic N) is 3. The molecule has 30 heavy (non-hydrogen) atoms. The maximum atomic E-state index is 12.6. The summed E-state index contributed by atoms with van der Waals surface area (Å²) in [6.45, 7) is 4.42. The molecule has 8 nitrogen and oxygen atoms in total. The molecule has 0 saturated heterocycles. The van der Waals surface area contributed by atoms with Gasteiger partial charge < -0.3 is 19.4 Å². The first-order chi connectivity index (χ1) is 14.3. The van der Waals surface area contributed by atoms with E-state index in [9.17, 15) is 9.59 Å². The first-order valence-electron chi connectivity index (χ1n) is 9.36. The van der Waals surface area contributed by atoms with Crippen molar-refractivity contribution in [2.75, 3.05) is 19.4 Å². The largest absolute Gasteiger partial charge is 0.485 e. The quantitative estimate of drug-likeness (QED) is 0.612. The van der Waals surface area contributed by atoms with Crippen LogP contribution in [0.3, 0.4) is 0 Å². The summed E-state index contributed by atoms with van der Waals surface area (Å²) >= 11 is 5.95. The molecule has 0 unspecified atom stereocenters. The van der Waals surface area contributed by atoms with E-state index in [0.29, 0.717) is 34.5 Å². The molecule has 0 atom stereocenters. The zero-order valence-corrected chi connectivity index (χ0v) is 18.0. The molecule has 3 rings (SSSR count). The van der Waals surface area contributed by atoms with Crippen molar-refractivity contribution in [1.82, 2.24) is 14.7 Å². The number of hydrogen-bond donors (Lipinski definition) is 1. The average molecular weight is 431 g/mol. The molecule has 0 bridgehead atoms. The molecule has 3 aromatic rings. The standard InChI is InChI=1S/C21H23ClN4O4/c1-5-26-19(21(28)25(3)4)16(11-23-26)24-20(27)18-9-7-15(30-18)12-29-17-8-6-14(22)10-13(17)2/h6-11H,5,12H2,1-4H3,(H,24,27). The van der Waals surface area contributed by atoms with Gasteiger partial charge in [-0.25, -0.2) is 0 Å². The zero-order valence-electron chi connectivity index (χ0n) is 17.2. The molecule has 0 radical (unpaired) electrons. The van der Waals surface area contributed by atoms with E-state index in [1.165, 1.54) is 15.8 Å². The Balaban J connectivity index is 1.70. The van der Waals surface area contributed by atoms with Gasteiger partial charge in [-0.15, -0.1) is 0 Å². The Morgan fingerprint density at radius 3 is 2.70 bits per heavy atom. The molecule has 0 saturated carbocycles. The lowest BCUT2D eigenvalue weighted by atomic mass is 10.2. The molecule has 2 heterocycles.